The van der Waals surface area contributed by atoms with Crippen LogP contribution < -0.4 is 10.6 Å². The second kappa shape index (κ2) is 6.72. The first-order valence-electron chi connectivity index (χ1n) is 8.30. The Hall–Kier alpha value is -0.870. The molecule has 1 saturated carbocycles. The van der Waals surface area contributed by atoms with Crippen molar-refractivity contribution in [3.05, 3.63) is 17.5 Å². The summed E-state index contributed by atoms with van der Waals surface area (Å²) in [6.07, 6.45) is 11.6. The topological polar surface area (TPSA) is 52.7 Å². The van der Waals surface area contributed by atoms with Crippen molar-refractivity contribution in [1.29, 1.82) is 0 Å². The van der Waals surface area contributed by atoms with E-state index in [1.54, 1.807) is 0 Å². The number of aromatic amines is 1. The standard InChI is InChI=1S/C16H28N4/c1-12-13(11-19-20-12)10-18-16-7-3-2-6-14(16)15-8-4-5-9-17-15/h11,14-18H,2-10H2,1H3,(H,19,20). The Morgan fingerprint density at radius 1 is 1.20 bits per heavy atom. The molecule has 4 heteroatoms. The fourth-order valence-electron chi connectivity index (χ4n) is 3.93. The molecular weight excluding hydrogens is 248 g/mol. The van der Waals surface area contributed by atoms with E-state index in [1.165, 1.54) is 62.7 Å². The zero-order valence-electron chi connectivity index (χ0n) is 12.6. The third-order valence-electron chi connectivity index (χ3n) is 5.17. The van der Waals surface area contributed by atoms with E-state index in [0.717, 1.165) is 18.5 Å². The molecule has 1 aromatic rings. The second-order valence-corrected chi connectivity index (χ2v) is 6.51. The first-order valence-corrected chi connectivity index (χ1v) is 8.30. The van der Waals surface area contributed by atoms with Gasteiger partial charge in [0.05, 0.1) is 6.20 Å². The molecule has 0 amide bonds. The van der Waals surface area contributed by atoms with Crippen molar-refractivity contribution >= 4 is 0 Å². The lowest BCUT2D eigenvalue weighted by Gasteiger charge is -2.40. The lowest BCUT2D eigenvalue weighted by atomic mass is 9.77. The van der Waals surface area contributed by atoms with E-state index in [0.29, 0.717) is 6.04 Å². The van der Waals surface area contributed by atoms with Gasteiger partial charge in [0, 0.05) is 29.9 Å². The van der Waals surface area contributed by atoms with Crippen LogP contribution in [-0.4, -0.2) is 28.8 Å². The van der Waals surface area contributed by atoms with Crippen LogP contribution in [0.25, 0.3) is 0 Å². The van der Waals surface area contributed by atoms with Crippen LogP contribution in [0.4, 0.5) is 0 Å². The van der Waals surface area contributed by atoms with Gasteiger partial charge in [0.1, 0.15) is 0 Å². The summed E-state index contributed by atoms with van der Waals surface area (Å²) in [4.78, 5) is 0. The molecule has 2 aliphatic rings. The molecule has 1 saturated heterocycles. The summed E-state index contributed by atoms with van der Waals surface area (Å²) < 4.78 is 0. The number of aromatic nitrogens is 2. The molecule has 3 N–H and O–H groups in total. The van der Waals surface area contributed by atoms with Crippen molar-refractivity contribution in [2.75, 3.05) is 6.54 Å². The Kier molecular flexibility index (Phi) is 4.73. The van der Waals surface area contributed by atoms with E-state index in [4.69, 9.17) is 0 Å². The predicted molar refractivity (Wildman–Crippen MR) is 81.6 cm³/mol. The summed E-state index contributed by atoms with van der Waals surface area (Å²) in [7, 11) is 0. The maximum atomic E-state index is 4.12. The molecule has 0 bridgehead atoms. The lowest BCUT2D eigenvalue weighted by molar-refractivity contribution is 0.181. The highest BCUT2D eigenvalue weighted by Crippen LogP contribution is 2.30. The van der Waals surface area contributed by atoms with Crippen molar-refractivity contribution in [2.24, 2.45) is 5.92 Å². The maximum Gasteiger partial charge on any atom is 0.0535 e. The fraction of sp³-hybridized carbons (Fsp3) is 0.812. The molecule has 0 spiro atoms. The highest BCUT2D eigenvalue weighted by atomic mass is 15.1. The molecule has 3 atom stereocenters. The highest BCUT2D eigenvalue weighted by molar-refractivity contribution is 5.14. The molecule has 0 aromatic carbocycles. The first kappa shape index (κ1) is 14.1. The van der Waals surface area contributed by atoms with Gasteiger partial charge in [-0.3, -0.25) is 5.10 Å². The molecule has 4 nitrogen and oxygen atoms in total. The smallest absolute Gasteiger partial charge is 0.0535 e. The highest BCUT2D eigenvalue weighted by Gasteiger charge is 2.32. The zero-order chi connectivity index (χ0) is 13.8. The second-order valence-electron chi connectivity index (χ2n) is 6.51. The van der Waals surface area contributed by atoms with Gasteiger partial charge in [-0.05, 0) is 45.1 Å². The van der Waals surface area contributed by atoms with E-state index >= 15 is 0 Å². The molecule has 3 unspecified atom stereocenters. The zero-order valence-corrected chi connectivity index (χ0v) is 12.6. The van der Waals surface area contributed by atoms with Gasteiger partial charge in [0.25, 0.3) is 0 Å². The molecule has 0 radical (unpaired) electrons. The molecular formula is C16H28N4. The van der Waals surface area contributed by atoms with Crippen molar-refractivity contribution < 1.29 is 0 Å². The van der Waals surface area contributed by atoms with Gasteiger partial charge in [-0.15, -0.1) is 0 Å². The number of nitrogens with one attached hydrogen (secondary N) is 3. The van der Waals surface area contributed by atoms with Gasteiger partial charge in [0.2, 0.25) is 0 Å². The Morgan fingerprint density at radius 2 is 2.05 bits per heavy atom. The third-order valence-corrected chi connectivity index (χ3v) is 5.17. The van der Waals surface area contributed by atoms with Crippen LogP contribution in [0.1, 0.15) is 56.2 Å². The fourth-order valence-corrected chi connectivity index (χ4v) is 3.93. The van der Waals surface area contributed by atoms with Crippen molar-refractivity contribution in [1.82, 2.24) is 20.8 Å². The molecule has 2 fully saturated rings. The van der Waals surface area contributed by atoms with Crippen LogP contribution in [0.15, 0.2) is 6.20 Å². The van der Waals surface area contributed by atoms with Crippen LogP contribution in [0.5, 0.6) is 0 Å². The van der Waals surface area contributed by atoms with Crippen LogP contribution in [0, 0.1) is 12.8 Å². The third kappa shape index (κ3) is 3.23. The number of nitrogens with zero attached hydrogens (tertiary/aromatic N) is 1. The number of rotatable bonds is 4. The largest absolute Gasteiger partial charge is 0.314 e. The van der Waals surface area contributed by atoms with E-state index < -0.39 is 0 Å². The van der Waals surface area contributed by atoms with Crippen LogP contribution in [-0.2, 0) is 6.54 Å². The molecule has 1 aliphatic heterocycles. The van der Waals surface area contributed by atoms with E-state index in [1.807, 2.05) is 6.20 Å². The Labute approximate surface area is 122 Å². The number of hydrogen-bond acceptors (Lipinski definition) is 3. The van der Waals surface area contributed by atoms with Gasteiger partial charge < -0.3 is 10.6 Å². The number of hydrogen-bond donors (Lipinski definition) is 3. The Bertz CT molecular complexity index is 408. The van der Waals surface area contributed by atoms with Crippen LogP contribution in [0.3, 0.4) is 0 Å². The first-order chi connectivity index (χ1) is 9.84. The van der Waals surface area contributed by atoms with Gasteiger partial charge in [0.15, 0.2) is 0 Å². The van der Waals surface area contributed by atoms with E-state index in [-0.39, 0.29) is 0 Å². The van der Waals surface area contributed by atoms with Gasteiger partial charge in [-0.25, -0.2) is 0 Å². The minimum absolute atomic E-state index is 0.675. The number of aryl methyl sites for hydroxylation is 1. The quantitative estimate of drug-likeness (QED) is 0.792. The summed E-state index contributed by atoms with van der Waals surface area (Å²) >= 11 is 0. The summed E-state index contributed by atoms with van der Waals surface area (Å²) in [5.74, 6) is 0.816. The van der Waals surface area contributed by atoms with Crippen molar-refractivity contribution in [3.8, 4) is 0 Å². The van der Waals surface area contributed by atoms with Gasteiger partial charge in [-0.1, -0.05) is 19.3 Å². The van der Waals surface area contributed by atoms with Gasteiger partial charge in [-0.2, -0.15) is 5.10 Å². The molecule has 2 heterocycles. The summed E-state index contributed by atoms with van der Waals surface area (Å²) in [6.45, 7) is 4.27. The minimum Gasteiger partial charge on any atom is -0.314 e. The lowest BCUT2D eigenvalue weighted by Crippen LogP contribution is -2.50. The van der Waals surface area contributed by atoms with Crippen molar-refractivity contribution in [2.45, 2.75) is 70.5 Å². The van der Waals surface area contributed by atoms with Crippen molar-refractivity contribution in [3.63, 3.8) is 0 Å². The Balaban J connectivity index is 1.58. The number of H-pyrrole nitrogens is 1. The SMILES string of the molecule is Cc1[nH]ncc1CNC1CCCCC1C1CCCCN1. The monoisotopic (exact) mass is 276 g/mol. The average Bonchev–Trinajstić information content (AvgIpc) is 2.92. The predicted octanol–water partition coefficient (Wildman–Crippen LogP) is 2.51. The molecule has 1 aromatic heterocycles. The number of piperidine rings is 1. The summed E-state index contributed by atoms with van der Waals surface area (Å²) in [5.41, 5.74) is 2.51. The molecule has 20 heavy (non-hydrogen) atoms. The molecule has 112 valence electrons. The average molecular weight is 276 g/mol. The molecule has 3 rings (SSSR count). The van der Waals surface area contributed by atoms with E-state index in [2.05, 4.69) is 27.8 Å². The normalized spacial score (nSPS) is 31.4. The van der Waals surface area contributed by atoms with Crippen LogP contribution in [0.2, 0.25) is 0 Å². The summed E-state index contributed by atoms with van der Waals surface area (Å²) in [6, 6.07) is 1.42. The van der Waals surface area contributed by atoms with Crippen LogP contribution >= 0.6 is 0 Å². The molecule has 1 aliphatic carbocycles. The van der Waals surface area contributed by atoms with Gasteiger partial charge >= 0.3 is 0 Å². The maximum absolute atomic E-state index is 4.12. The minimum atomic E-state index is 0.675. The Morgan fingerprint density at radius 3 is 2.80 bits per heavy atom. The van der Waals surface area contributed by atoms with E-state index in [9.17, 15) is 0 Å². The summed E-state index contributed by atoms with van der Waals surface area (Å²) in [5, 5.41) is 14.7.